The molecule has 8 nitrogen and oxygen atoms in total. The van der Waals surface area contributed by atoms with Crippen LogP contribution in [0.3, 0.4) is 0 Å². The van der Waals surface area contributed by atoms with E-state index in [9.17, 15) is 18.0 Å². The van der Waals surface area contributed by atoms with Crippen molar-refractivity contribution in [2.24, 2.45) is 5.92 Å². The number of amides is 2. The number of hydrogen-bond acceptors (Lipinski definition) is 5. The Morgan fingerprint density at radius 3 is 2.16 bits per heavy atom. The number of rotatable bonds is 12. The maximum absolute atomic E-state index is 13.7. The molecular formula is C25H32Cl3N3O5S. The second-order valence-corrected chi connectivity index (χ2v) is 12.0. The van der Waals surface area contributed by atoms with Crippen LogP contribution in [0.2, 0.25) is 15.1 Å². The number of benzene rings is 2. The third-order valence-corrected chi connectivity index (χ3v) is 7.71. The SMILES string of the molecule is CC[C@@H](C(=O)NCC(C)C)N(Cc1c(Cl)cccc1Cl)C(=O)CN(c1ccc(OC)c(Cl)c1)S(C)(=O)=O. The van der Waals surface area contributed by atoms with Crippen molar-refractivity contribution in [3.05, 3.63) is 57.0 Å². The Morgan fingerprint density at radius 1 is 1.05 bits per heavy atom. The lowest BCUT2D eigenvalue weighted by atomic mass is 10.1. The maximum Gasteiger partial charge on any atom is 0.244 e. The standard InChI is InChI=1S/C25H32Cl3N3O5S/c1-6-22(25(33)29-13-16(2)3)30(14-18-19(26)8-7-9-20(18)27)24(32)15-31(37(5,34)35)17-10-11-23(36-4)21(28)12-17/h7-12,16,22H,6,13-15H2,1-5H3,(H,29,33)/t22-/m0/s1. The normalized spacial score (nSPS) is 12.2. The first kappa shape index (κ1) is 31.0. The average Bonchev–Trinajstić information content (AvgIpc) is 2.81. The summed E-state index contributed by atoms with van der Waals surface area (Å²) in [6.45, 7) is 5.44. The molecule has 0 bridgehead atoms. The van der Waals surface area contributed by atoms with Crippen LogP contribution in [-0.4, -0.2) is 57.6 Å². The molecule has 0 aromatic heterocycles. The van der Waals surface area contributed by atoms with Gasteiger partial charge in [-0.2, -0.15) is 0 Å². The highest BCUT2D eigenvalue weighted by atomic mass is 35.5. The van der Waals surface area contributed by atoms with Gasteiger partial charge in [0.1, 0.15) is 18.3 Å². The highest BCUT2D eigenvalue weighted by molar-refractivity contribution is 7.92. The van der Waals surface area contributed by atoms with Crippen molar-refractivity contribution in [2.45, 2.75) is 39.8 Å². The molecule has 0 fully saturated rings. The fourth-order valence-electron chi connectivity index (χ4n) is 3.62. The highest BCUT2D eigenvalue weighted by Gasteiger charge is 2.32. The molecule has 1 atom stereocenters. The van der Waals surface area contributed by atoms with Crippen LogP contribution >= 0.6 is 34.8 Å². The van der Waals surface area contributed by atoms with E-state index in [-0.39, 0.29) is 35.5 Å². The molecule has 12 heteroatoms. The number of hydrogen-bond donors (Lipinski definition) is 1. The number of ether oxygens (including phenoxy) is 1. The summed E-state index contributed by atoms with van der Waals surface area (Å²) in [6.07, 6.45) is 1.27. The minimum absolute atomic E-state index is 0.0914. The zero-order chi connectivity index (χ0) is 27.9. The number of nitrogens with zero attached hydrogens (tertiary/aromatic N) is 2. The van der Waals surface area contributed by atoms with Crippen molar-refractivity contribution in [3.63, 3.8) is 0 Å². The third-order valence-electron chi connectivity index (χ3n) is 5.56. The average molecular weight is 593 g/mol. The molecule has 0 unspecified atom stereocenters. The lowest BCUT2D eigenvalue weighted by Crippen LogP contribution is -2.52. The van der Waals surface area contributed by atoms with Gasteiger partial charge in [0, 0.05) is 28.7 Å². The molecule has 2 amide bonds. The number of halogens is 3. The highest BCUT2D eigenvalue weighted by Crippen LogP contribution is 2.31. The Labute approximate surface area is 233 Å². The van der Waals surface area contributed by atoms with E-state index in [1.165, 1.54) is 30.2 Å². The summed E-state index contributed by atoms with van der Waals surface area (Å²) in [4.78, 5) is 28.2. The van der Waals surface area contributed by atoms with Crippen LogP contribution < -0.4 is 14.4 Å². The van der Waals surface area contributed by atoms with Gasteiger partial charge in [0.05, 0.1) is 24.1 Å². The van der Waals surface area contributed by atoms with Crippen molar-refractivity contribution < 1.29 is 22.7 Å². The molecule has 0 saturated heterocycles. The van der Waals surface area contributed by atoms with Crippen LogP contribution in [0.1, 0.15) is 32.8 Å². The van der Waals surface area contributed by atoms with E-state index >= 15 is 0 Å². The van der Waals surface area contributed by atoms with Gasteiger partial charge in [0.15, 0.2) is 0 Å². The van der Waals surface area contributed by atoms with Crippen molar-refractivity contribution >= 4 is 62.3 Å². The lowest BCUT2D eigenvalue weighted by Gasteiger charge is -2.33. The predicted octanol–water partition coefficient (Wildman–Crippen LogP) is 5.00. The number of sulfonamides is 1. The molecule has 0 aliphatic rings. The number of methoxy groups -OCH3 is 1. The molecule has 204 valence electrons. The quantitative estimate of drug-likeness (QED) is 0.374. The van der Waals surface area contributed by atoms with Gasteiger partial charge in [0.25, 0.3) is 0 Å². The van der Waals surface area contributed by atoms with E-state index < -0.39 is 28.5 Å². The van der Waals surface area contributed by atoms with Crippen molar-refractivity contribution in [1.29, 1.82) is 0 Å². The first-order valence-electron chi connectivity index (χ1n) is 11.6. The molecule has 2 rings (SSSR count). The largest absolute Gasteiger partial charge is 0.495 e. The van der Waals surface area contributed by atoms with E-state index in [0.717, 1.165) is 10.6 Å². The van der Waals surface area contributed by atoms with Gasteiger partial charge in [-0.25, -0.2) is 8.42 Å². The number of nitrogens with one attached hydrogen (secondary N) is 1. The van der Waals surface area contributed by atoms with Crippen LogP contribution in [0.5, 0.6) is 5.75 Å². The van der Waals surface area contributed by atoms with Crippen LogP contribution in [0.4, 0.5) is 5.69 Å². The maximum atomic E-state index is 13.7. The topological polar surface area (TPSA) is 96.0 Å². The van der Waals surface area contributed by atoms with E-state index in [4.69, 9.17) is 39.5 Å². The van der Waals surface area contributed by atoms with Crippen molar-refractivity contribution in [2.75, 3.05) is 30.8 Å². The molecule has 0 spiro atoms. The van der Waals surface area contributed by atoms with Gasteiger partial charge in [-0.15, -0.1) is 0 Å². The summed E-state index contributed by atoms with van der Waals surface area (Å²) in [5.41, 5.74) is 0.627. The van der Waals surface area contributed by atoms with Crippen molar-refractivity contribution in [3.8, 4) is 5.75 Å². The van der Waals surface area contributed by atoms with Gasteiger partial charge in [-0.3, -0.25) is 13.9 Å². The number of carbonyl (C=O) groups excluding carboxylic acids is 2. The molecule has 0 aliphatic heterocycles. The Kier molecular flexibility index (Phi) is 11.4. The van der Waals surface area contributed by atoms with Gasteiger partial charge in [0.2, 0.25) is 21.8 Å². The van der Waals surface area contributed by atoms with E-state index in [1.807, 2.05) is 13.8 Å². The Bertz CT molecular complexity index is 1200. The first-order chi connectivity index (χ1) is 17.3. The Hall–Kier alpha value is -2.20. The van der Waals surface area contributed by atoms with E-state index in [0.29, 0.717) is 27.9 Å². The van der Waals surface area contributed by atoms with Gasteiger partial charge in [-0.1, -0.05) is 61.6 Å². The number of carbonyl (C=O) groups is 2. The lowest BCUT2D eigenvalue weighted by molar-refractivity contribution is -0.140. The van der Waals surface area contributed by atoms with E-state index in [1.54, 1.807) is 25.1 Å². The fourth-order valence-corrected chi connectivity index (χ4v) is 5.23. The zero-order valence-corrected chi connectivity index (χ0v) is 24.5. The molecule has 0 radical (unpaired) electrons. The second-order valence-electron chi connectivity index (χ2n) is 8.87. The zero-order valence-electron chi connectivity index (χ0n) is 21.4. The Morgan fingerprint density at radius 2 is 1.68 bits per heavy atom. The summed E-state index contributed by atoms with van der Waals surface area (Å²) in [5, 5.41) is 3.69. The van der Waals surface area contributed by atoms with Crippen LogP contribution in [0.15, 0.2) is 36.4 Å². The summed E-state index contributed by atoms with van der Waals surface area (Å²) in [6, 6.07) is 8.44. The minimum atomic E-state index is -3.91. The van der Waals surface area contributed by atoms with Gasteiger partial charge >= 0.3 is 0 Å². The first-order valence-corrected chi connectivity index (χ1v) is 14.6. The number of anilines is 1. The van der Waals surface area contributed by atoms with Crippen LogP contribution in [0.25, 0.3) is 0 Å². The monoisotopic (exact) mass is 591 g/mol. The third kappa shape index (κ3) is 8.40. The molecule has 0 saturated carbocycles. The molecule has 2 aromatic rings. The molecule has 2 aromatic carbocycles. The molecular weight excluding hydrogens is 561 g/mol. The summed E-state index contributed by atoms with van der Waals surface area (Å²) in [5.74, 6) is -0.414. The molecule has 37 heavy (non-hydrogen) atoms. The minimum Gasteiger partial charge on any atom is -0.495 e. The van der Waals surface area contributed by atoms with Crippen LogP contribution in [-0.2, 0) is 26.2 Å². The molecule has 0 heterocycles. The summed E-state index contributed by atoms with van der Waals surface area (Å²) in [7, 11) is -2.48. The summed E-state index contributed by atoms with van der Waals surface area (Å²) >= 11 is 19.0. The fraction of sp³-hybridized carbons (Fsp3) is 0.440. The van der Waals surface area contributed by atoms with Gasteiger partial charge in [-0.05, 0) is 42.7 Å². The van der Waals surface area contributed by atoms with E-state index in [2.05, 4.69) is 5.32 Å². The second kappa shape index (κ2) is 13.6. The smallest absolute Gasteiger partial charge is 0.244 e. The van der Waals surface area contributed by atoms with Crippen LogP contribution in [0, 0.1) is 5.92 Å². The Balaban J connectivity index is 2.51. The van der Waals surface area contributed by atoms with Gasteiger partial charge < -0.3 is 15.0 Å². The molecule has 0 aliphatic carbocycles. The predicted molar refractivity (Wildman–Crippen MR) is 149 cm³/mol. The molecule has 1 N–H and O–H groups in total. The summed E-state index contributed by atoms with van der Waals surface area (Å²) < 4.78 is 31.5. The van der Waals surface area contributed by atoms with Crippen molar-refractivity contribution in [1.82, 2.24) is 10.2 Å².